The molecule has 0 bridgehead atoms. The normalized spacial score (nSPS) is 11.4. The third kappa shape index (κ3) is 7.07. The highest BCUT2D eigenvalue weighted by atomic mass is 16.2. The van der Waals surface area contributed by atoms with Crippen LogP contribution in [0.5, 0.6) is 0 Å². The van der Waals surface area contributed by atoms with Crippen molar-refractivity contribution in [1.29, 1.82) is 0 Å². The molecule has 29 heavy (non-hydrogen) atoms. The molecule has 0 spiro atoms. The molecule has 0 aliphatic carbocycles. The largest absolute Gasteiger partial charge is 0.355 e. The molecular formula is C25H31N3O. The molecule has 0 aromatic heterocycles. The Hall–Kier alpha value is -3.14. The minimum atomic E-state index is -0.245. The van der Waals surface area contributed by atoms with Gasteiger partial charge in [-0.3, -0.25) is 4.79 Å². The van der Waals surface area contributed by atoms with Gasteiger partial charge in [0.25, 0.3) is 5.91 Å². The monoisotopic (exact) mass is 389 g/mol. The summed E-state index contributed by atoms with van der Waals surface area (Å²) in [5.41, 5.74) is 9.82. The Morgan fingerprint density at radius 1 is 1.00 bits per heavy atom. The molecule has 0 atom stereocenters. The Morgan fingerprint density at radius 2 is 1.72 bits per heavy atom. The van der Waals surface area contributed by atoms with Gasteiger partial charge in [0.15, 0.2) is 0 Å². The van der Waals surface area contributed by atoms with Crippen LogP contribution in [0.25, 0.3) is 0 Å². The van der Waals surface area contributed by atoms with Gasteiger partial charge in [-0.2, -0.15) is 5.10 Å². The van der Waals surface area contributed by atoms with Gasteiger partial charge in [0, 0.05) is 11.9 Å². The van der Waals surface area contributed by atoms with E-state index in [1.54, 1.807) is 12.3 Å². The number of para-hydroxylation sites is 1. The summed E-state index contributed by atoms with van der Waals surface area (Å²) in [4.78, 5) is 12.6. The van der Waals surface area contributed by atoms with Crippen molar-refractivity contribution >= 4 is 23.5 Å². The van der Waals surface area contributed by atoms with Gasteiger partial charge in [-0.15, -0.1) is 0 Å². The highest BCUT2D eigenvalue weighted by Gasteiger charge is 2.11. The quantitative estimate of drug-likeness (QED) is 0.309. The van der Waals surface area contributed by atoms with Crippen molar-refractivity contribution in [3.05, 3.63) is 82.5 Å². The van der Waals surface area contributed by atoms with E-state index in [0.29, 0.717) is 5.56 Å². The van der Waals surface area contributed by atoms with Crippen molar-refractivity contribution in [2.24, 2.45) is 5.10 Å². The van der Waals surface area contributed by atoms with Crippen LogP contribution < -0.4 is 10.7 Å². The first kappa shape index (κ1) is 22.2. The summed E-state index contributed by atoms with van der Waals surface area (Å²) in [6.45, 7) is 10.4. The Balaban J connectivity index is 2.03. The molecule has 0 unspecified atom stereocenters. The number of hydrogen-bond donors (Lipinski definition) is 2. The van der Waals surface area contributed by atoms with E-state index in [0.717, 1.165) is 29.8 Å². The van der Waals surface area contributed by atoms with Crippen LogP contribution in [0.1, 0.15) is 55.1 Å². The summed E-state index contributed by atoms with van der Waals surface area (Å²) in [6, 6.07) is 13.5. The second-order valence-electron chi connectivity index (χ2n) is 7.47. The molecule has 2 N–H and O–H groups in total. The fourth-order valence-electron chi connectivity index (χ4n) is 2.81. The molecule has 4 heteroatoms. The van der Waals surface area contributed by atoms with E-state index >= 15 is 0 Å². The van der Waals surface area contributed by atoms with Crippen molar-refractivity contribution in [2.45, 2.75) is 47.5 Å². The summed E-state index contributed by atoms with van der Waals surface area (Å²) < 4.78 is 0. The fourth-order valence-corrected chi connectivity index (χ4v) is 2.81. The predicted octanol–water partition coefficient (Wildman–Crippen LogP) is 6.46. The van der Waals surface area contributed by atoms with Crippen LogP contribution in [-0.2, 0) is 0 Å². The van der Waals surface area contributed by atoms with Crippen LogP contribution in [-0.4, -0.2) is 12.1 Å². The molecule has 0 aliphatic heterocycles. The number of aryl methyl sites for hydroxylation is 1. The maximum Gasteiger partial charge on any atom is 0.273 e. The number of carbonyl (C=O) groups is 1. The number of nitrogens with zero attached hydrogens (tertiary/aromatic N) is 1. The van der Waals surface area contributed by atoms with Crippen molar-refractivity contribution in [3.63, 3.8) is 0 Å². The molecule has 2 aromatic rings. The van der Waals surface area contributed by atoms with E-state index < -0.39 is 0 Å². The molecule has 2 aromatic carbocycles. The van der Waals surface area contributed by atoms with Gasteiger partial charge in [-0.25, -0.2) is 5.43 Å². The van der Waals surface area contributed by atoms with Crippen molar-refractivity contribution < 1.29 is 4.79 Å². The van der Waals surface area contributed by atoms with Crippen LogP contribution in [0.4, 0.5) is 11.4 Å². The van der Waals surface area contributed by atoms with Gasteiger partial charge in [0.05, 0.1) is 11.3 Å². The Bertz CT molecular complexity index is 935. The second kappa shape index (κ2) is 11.0. The lowest BCUT2D eigenvalue weighted by Gasteiger charge is -2.14. The summed E-state index contributed by atoms with van der Waals surface area (Å²) in [5, 5.41) is 7.44. The average Bonchev–Trinajstić information content (AvgIpc) is 2.69. The summed E-state index contributed by atoms with van der Waals surface area (Å²) in [7, 11) is 0. The highest BCUT2D eigenvalue weighted by Crippen LogP contribution is 2.25. The van der Waals surface area contributed by atoms with E-state index in [-0.39, 0.29) is 5.91 Å². The Labute approximate surface area is 174 Å². The highest BCUT2D eigenvalue weighted by molar-refractivity contribution is 6.00. The first-order valence-electron chi connectivity index (χ1n) is 9.93. The maximum atomic E-state index is 12.6. The third-order valence-corrected chi connectivity index (χ3v) is 4.74. The second-order valence-corrected chi connectivity index (χ2v) is 7.47. The zero-order valence-electron chi connectivity index (χ0n) is 18.0. The smallest absolute Gasteiger partial charge is 0.273 e. The molecule has 0 aliphatic rings. The van der Waals surface area contributed by atoms with E-state index in [2.05, 4.69) is 62.6 Å². The lowest BCUT2D eigenvalue weighted by atomic mass is 10.1. The van der Waals surface area contributed by atoms with Crippen molar-refractivity contribution in [3.8, 4) is 0 Å². The number of allylic oxidation sites excluding steroid dienone is 4. The summed E-state index contributed by atoms with van der Waals surface area (Å²) >= 11 is 0. The average molecular weight is 390 g/mol. The molecule has 0 fully saturated rings. The number of hydrazone groups is 1. The molecule has 152 valence electrons. The molecule has 1 amide bonds. The first-order valence-corrected chi connectivity index (χ1v) is 9.93. The molecule has 0 heterocycles. The van der Waals surface area contributed by atoms with Crippen LogP contribution in [0.3, 0.4) is 0 Å². The minimum Gasteiger partial charge on any atom is -0.355 e. The van der Waals surface area contributed by atoms with Gasteiger partial charge in [0.1, 0.15) is 0 Å². The minimum absolute atomic E-state index is 0.245. The first-order chi connectivity index (χ1) is 13.9. The van der Waals surface area contributed by atoms with Gasteiger partial charge in [-0.05, 0) is 82.9 Å². The van der Waals surface area contributed by atoms with Crippen LogP contribution in [0.15, 0.2) is 70.9 Å². The van der Waals surface area contributed by atoms with E-state index in [4.69, 9.17) is 0 Å². The fraction of sp³-hybridized carbons (Fsp3) is 0.280. The number of benzene rings is 2. The predicted molar refractivity (Wildman–Crippen MR) is 124 cm³/mol. The van der Waals surface area contributed by atoms with Gasteiger partial charge >= 0.3 is 0 Å². The molecule has 4 nitrogen and oxygen atoms in total. The van der Waals surface area contributed by atoms with Gasteiger partial charge < -0.3 is 5.32 Å². The maximum absolute atomic E-state index is 12.6. The van der Waals surface area contributed by atoms with Gasteiger partial charge in [-0.1, -0.05) is 41.5 Å². The lowest BCUT2D eigenvalue weighted by molar-refractivity contribution is 0.0956. The number of nitrogens with one attached hydrogen (secondary N) is 2. The number of hydrogen-bond acceptors (Lipinski definition) is 3. The number of carbonyl (C=O) groups excluding carboxylic acids is 1. The van der Waals surface area contributed by atoms with E-state index in [9.17, 15) is 4.79 Å². The van der Waals surface area contributed by atoms with Crippen LogP contribution in [0.2, 0.25) is 0 Å². The number of rotatable bonds is 8. The zero-order chi connectivity index (χ0) is 21.2. The van der Waals surface area contributed by atoms with Crippen LogP contribution >= 0.6 is 0 Å². The SMILES string of the molecule is CC(C)=CCC/C(C)=C\C=N/NC(=O)c1ccccc1Nc1cccc(C)c1C. The van der Waals surface area contributed by atoms with Crippen molar-refractivity contribution in [2.75, 3.05) is 5.32 Å². The summed E-state index contributed by atoms with van der Waals surface area (Å²) in [5.74, 6) is -0.245. The third-order valence-electron chi connectivity index (χ3n) is 4.74. The van der Waals surface area contributed by atoms with E-state index in [1.807, 2.05) is 36.4 Å². The van der Waals surface area contributed by atoms with Gasteiger partial charge in [0.2, 0.25) is 0 Å². The van der Waals surface area contributed by atoms with E-state index in [1.165, 1.54) is 16.7 Å². The Kier molecular flexibility index (Phi) is 8.41. The standard InChI is InChI=1S/C25H31N3O/c1-18(2)10-8-11-19(3)16-17-26-28-25(29)22-13-6-7-14-24(22)27-23-15-9-12-20(4)21(23)5/h6-7,9-10,12-17,27H,8,11H2,1-5H3,(H,28,29)/b19-16-,26-17-. The molecule has 0 saturated carbocycles. The Morgan fingerprint density at radius 3 is 2.48 bits per heavy atom. The number of anilines is 2. The number of amides is 1. The molecule has 0 radical (unpaired) electrons. The summed E-state index contributed by atoms with van der Waals surface area (Å²) in [6.07, 6.45) is 7.78. The van der Waals surface area contributed by atoms with Crippen LogP contribution in [0, 0.1) is 13.8 Å². The molecule has 0 saturated heterocycles. The topological polar surface area (TPSA) is 53.5 Å². The molecule has 2 rings (SSSR count). The lowest BCUT2D eigenvalue weighted by Crippen LogP contribution is -2.18. The van der Waals surface area contributed by atoms with Crippen molar-refractivity contribution in [1.82, 2.24) is 5.43 Å². The molecular weight excluding hydrogens is 358 g/mol. The zero-order valence-corrected chi connectivity index (χ0v) is 18.0.